The third-order valence-electron chi connectivity index (χ3n) is 3.03. The molecule has 1 N–H and O–H groups in total. The number of hydrogen-bond acceptors (Lipinski definition) is 4. The summed E-state index contributed by atoms with van der Waals surface area (Å²) in [4.78, 5) is 4.11. The van der Waals surface area contributed by atoms with Crippen molar-refractivity contribution in [3.8, 4) is 11.8 Å². The van der Waals surface area contributed by atoms with Crippen LogP contribution in [0.3, 0.4) is 0 Å². The summed E-state index contributed by atoms with van der Waals surface area (Å²) in [6.07, 6.45) is 5.48. The molecule has 0 amide bonds. The number of sulfonamides is 1. The van der Waals surface area contributed by atoms with Crippen LogP contribution >= 0.6 is 0 Å². The van der Waals surface area contributed by atoms with Gasteiger partial charge < -0.3 is 5.11 Å². The van der Waals surface area contributed by atoms with Crippen molar-refractivity contribution >= 4 is 10.0 Å². The van der Waals surface area contributed by atoms with Crippen LogP contribution in [0.5, 0.6) is 0 Å². The van der Waals surface area contributed by atoms with Crippen LogP contribution in [0.2, 0.25) is 0 Å². The van der Waals surface area contributed by atoms with Crippen molar-refractivity contribution in [3.63, 3.8) is 0 Å². The average molecular weight is 294 g/mol. The van der Waals surface area contributed by atoms with Crippen molar-refractivity contribution in [2.45, 2.75) is 37.1 Å². The summed E-state index contributed by atoms with van der Waals surface area (Å²) in [6, 6.07) is 1.64. The molecule has 0 aliphatic heterocycles. The fourth-order valence-corrected chi connectivity index (χ4v) is 3.75. The normalized spacial score (nSPS) is 14.9. The SMILES string of the molecule is CCCN(C1CC1)S(=O)(=O)c1cncc(C#CCO)c1. The maximum Gasteiger partial charge on any atom is 0.244 e. The number of pyridine rings is 1. The molecular formula is C14H18N2O3S. The van der Waals surface area contributed by atoms with E-state index >= 15 is 0 Å². The molecule has 0 radical (unpaired) electrons. The van der Waals surface area contributed by atoms with Crippen molar-refractivity contribution in [2.24, 2.45) is 0 Å². The second kappa shape index (κ2) is 6.35. The number of hydrogen-bond donors (Lipinski definition) is 1. The van der Waals surface area contributed by atoms with E-state index in [1.54, 1.807) is 4.31 Å². The molecule has 0 aromatic carbocycles. The predicted molar refractivity (Wildman–Crippen MR) is 75.4 cm³/mol. The summed E-state index contributed by atoms with van der Waals surface area (Å²) in [6.45, 7) is 2.23. The quantitative estimate of drug-likeness (QED) is 0.822. The van der Waals surface area contributed by atoms with Gasteiger partial charge in [0.05, 0.1) is 0 Å². The molecule has 1 aliphatic carbocycles. The van der Waals surface area contributed by atoms with Gasteiger partial charge in [-0.1, -0.05) is 18.8 Å². The number of aliphatic hydroxyl groups is 1. The van der Waals surface area contributed by atoms with Gasteiger partial charge in [-0.25, -0.2) is 8.42 Å². The van der Waals surface area contributed by atoms with E-state index in [2.05, 4.69) is 16.8 Å². The first kappa shape index (κ1) is 15.0. The molecule has 5 nitrogen and oxygen atoms in total. The highest BCUT2D eigenvalue weighted by Crippen LogP contribution is 2.32. The Morgan fingerprint density at radius 3 is 2.80 bits per heavy atom. The predicted octanol–water partition coefficient (Wildman–Crippen LogP) is 0.989. The van der Waals surface area contributed by atoms with Gasteiger partial charge >= 0.3 is 0 Å². The Labute approximate surface area is 119 Å². The van der Waals surface area contributed by atoms with E-state index < -0.39 is 10.0 Å². The molecule has 1 fully saturated rings. The zero-order valence-corrected chi connectivity index (χ0v) is 12.2. The van der Waals surface area contributed by atoms with E-state index in [1.807, 2.05) is 6.92 Å². The summed E-state index contributed by atoms with van der Waals surface area (Å²) in [5.74, 6) is 5.17. The van der Waals surface area contributed by atoms with Crippen LogP contribution in [0, 0.1) is 11.8 Å². The summed E-state index contributed by atoms with van der Waals surface area (Å²) in [7, 11) is -3.51. The summed E-state index contributed by atoms with van der Waals surface area (Å²) in [5.41, 5.74) is 0.493. The van der Waals surface area contributed by atoms with E-state index in [9.17, 15) is 8.42 Å². The molecule has 0 unspecified atom stereocenters. The molecule has 0 bridgehead atoms. The van der Waals surface area contributed by atoms with Gasteiger partial charge in [-0.15, -0.1) is 0 Å². The Balaban J connectivity index is 2.32. The zero-order valence-electron chi connectivity index (χ0n) is 11.4. The molecule has 0 atom stereocenters. The maximum atomic E-state index is 12.6. The zero-order chi connectivity index (χ0) is 14.6. The summed E-state index contributed by atoms with van der Waals surface area (Å²) >= 11 is 0. The molecule has 108 valence electrons. The standard InChI is InChI=1S/C14H18N2O3S/c1-2-7-16(13-5-6-13)20(18,19)14-9-12(4-3-8-17)10-15-11-14/h9-11,13,17H,2,5-8H2,1H3. The van der Waals surface area contributed by atoms with Gasteiger partial charge in [0.25, 0.3) is 0 Å². The van der Waals surface area contributed by atoms with Crippen molar-refractivity contribution in [2.75, 3.05) is 13.2 Å². The van der Waals surface area contributed by atoms with Gasteiger partial charge in [0.2, 0.25) is 10.0 Å². The molecule has 2 rings (SSSR count). The Morgan fingerprint density at radius 1 is 1.45 bits per heavy atom. The van der Waals surface area contributed by atoms with Gasteiger partial charge in [0.15, 0.2) is 0 Å². The molecule has 6 heteroatoms. The number of aromatic nitrogens is 1. The number of rotatable bonds is 5. The molecule has 0 saturated heterocycles. The van der Waals surface area contributed by atoms with Gasteiger partial charge in [0, 0.05) is 30.5 Å². The minimum atomic E-state index is -3.51. The van der Waals surface area contributed by atoms with Crippen LogP contribution in [-0.4, -0.2) is 42.0 Å². The van der Waals surface area contributed by atoms with E-state index in [-0.39, 0.29) is 17.5 Å². The highest BCUT2D eigenvalue weighted by molar-refractivity contribution is 7.89. The summed E-state index contributed by atoms with van der Waals surface area (Å²) in [5, 5.41) is 8.68. The van der Waals surface area contributed by atoms with Crippen molar-refractivity contribution in [3.05, 3.63) is 24.0 Å². The van der Waals surface area contributed by atoms with Gasteiger partial charge in [-0.05, 0) is 25.3 Å². The third kappa shape index (κ3) is 3.37. The van der Waals surface area contributed by atoms with Gasteiger partial charge in [-0.3, -0.25) is 4.98 Å². The van der Waals surface area contributed by atoms with Crippen molar-refractivity contribution in [1.29, 1.82) is 0 Å². The fraction of sp³-hybridized carbons (Fsp3) is 0.500. The lowest BCUT2D eigenvalue weighted by Crippen LogP contribution is -2.33. The fourth-order valence-electron chi connectivity index (χ4n) is 1.99. The molecule has 1 aromatic rings. The largest absolute Gasteiger partial charge is 0.384 e. The minimum absolute atomic E-state index is 0.132. The van der Waals surface area contributed by atoms with E-state index in [0.717, 1.165) is 19.3 Å². The number of aliphatic hydroxyl groups excluding tert-OH is 1. The van der Waals surface area contributed by atoms with Crippen LogP contribution in [0.1, 0.15) is 31.7 Å². The van der Waals surface area contributed by atoms with E-state index in [0.29, 0.717) is 12.1 Å². The molecule has 0 spiro atoms. The van der Waals surface area contributed by atoms with Crippen molar-refractivity contribution < 1.29 is 13.5 Å². The second-order valence-electron chi connectivity index (χ2n) is 4.72. The molecule has 1 saturated carbocycles. The van der Waals surface area contributed by atoms with Crippen LogP contribution in [0.25, 0.3) is 0 Å². The first-order valence-corrected chi connectivity index (χ1v) is 8.10. The van der Waals surface area contributed by atoms with E-state index in [4.69, 9.17) is 5.11 Å². The lowest BCUT2D eigenvalue weighted by atomic mass is 10.3. The molecule has 1 aliphatic rings. The topological polar surface area (TPSA) is 70.5 Å². The first-order chi connectivity index (χ1) is 9.59. The number of nitrogens with zero attached hydrogens (tertiary/aromatic N) is 2. The van der Waals surface area contributed by atoms with Crippen LogP contribution in [0.15, 0.2) is 23.4 Å². The highest BCUT2D eigenvalue weighted by Gasteiger charge is 2.37. The molecule has 1 heterocycles. The average Bonchev–Trinajstić information content (AvgIpc) is 3.27. The Hall–Kier alpha value is -1.42. The second-order valence-corrected chi connectivity index (χ2v) is 6.61. The van der Waals surface area contributed by atoms with Crippen LogP contribution in [0.4, 0.5) is 0 Å². The third-order valence-corrected chi connectivity index (χ3v) is 4.95. The minimum Gasteiger partial charge on any atom is -0.384 e. The molecule has 1 aromatic heterocycles. The Bertz CT molecular complexity index is 627. The van der Waals surface area contributed by atoms with E-state index in [1.165, 1.54) is 18.5 Å². The monoisotopic (exact) mass is 294 g/mol. The smallest absolute Gasteiger partial charge is 0.244 e. The Kier molecular flexibility index (Phi) is 4.76. The lowest BCUT2D eigenvalue weighted by molar-refractivity contribution is 0.350. The lowest BCUT2D eigenvalue weighted by Gasteiger charge is -2.21. The molecular weight excluding hydrogens is 276 g/mol. The maximum absolute atomic E-state index is 12.6. The Morgan fingerprint density at radius 2 is 2.20 bits per heavy atom. The molecule has 20 heavy (non-hydrogen) atoms. The first-order valence-electron chi connectivity index (χ1n) is 6.66. The van der Waals surface area contributed by atoms with Crippen LogP contribution in [-0.2, 0) is 10.0 Å². The van der Waals surface area contributed by atoms with Crippen molar-refractivity contribution in [1.82, 2.24) is 9.29 Å². The van der Waals surface area contributed by atoms with Crippen LogP contribution < -0.4 is 0 Å². The highest BCUT2D eigenvalue weighted by atomic mass is 32.2. The summed E-state index contributed by atoms with van der Waals surface area (Å²) < 4.78 is 26.8. The van der Waals surface area contributed by atoms with Gasteiger partial charge in [-0.2, -0.15) is 4.31 Å². The van der Waals surface area contributed by atoms with Gasteiger partial charge in [0.1, 0.15) is 11.5 Å².